The Kier molecular flexibility index (Phi) is 7.67. The summed E-state index contributed by atoms with van der Waals surface area (Å²) in [6.45, 7) is 4.13. The van der Waals surface area contributed by atoms with E-state index in [4.69, 9.17) is 4.74 Å². The van der Waals surface area contributed by atoms with Gasteiger partial charge in [0.05, 0.1) is 18.0 Å². The van der Waals surface area contributed by atoms with Gasteiger partial charge in [0.25, 0.3) is 5.56 Å². The topological polar surface area (TPSA) is 87.3 Å². The Balaban J connectivity index is 1.20. The number of aromatic nitrogens is 2. The number of ether oxygens (including phenoxy) is 1. The fraction of sp³-hybridized carbons (Fsp3) is 0.400. The summed E-state index contributed by atoms with van der Waals surface area (Å²) in [7, 11) is 1.68. The van der Waals surface area contributed by atoms with Crippen molar-refractivity contribution in [2.45, 2.75) is 43.4 Å². The molecule has 1 saturated heterocycles. The average Bonchev–Trinajstić information content (AvgIpc) is 2.84. The van der Waals surface area contributed by atoms with Gasteiger partial charge >= 0.3 is 0 Å². The van der Waals surface area contributed by atoms with Gasteiger partial charge in [-0.3, -0.25) is 14.5 Å². The van der Waals surface area contributed by atoms with Crippen molar-refractivity contribution in [1.29, 1.82) is 0 Å². The summed E-state index contributed by atoms with van der Waals surface area (Å²) >= 11 is 1.40. The first kappa shape index (κ1) is 23.3. The largest absolute Gasteiger partial charge is 0.497 e. The van der Waals surface area contributed by atoms with Crippen LogP contribution < -0.4 is 15.6 Å². The number of H-pyrrole nitrogens is 1. The Labute approximate surface area is 197 Å². The first-order chi connectivity index (χ1) is 16.0. The Morgan fingerprint density at radius 3 is 2.67 bits per heavy atom. The van der Waals surface area contributed by atoms with Crippen LogP contribution in [-0.2, 0) is 4.79 Å². The molecule has 0 bridgehead atoms. The summed E-state index contributed by atoms with van der Waals surface area (Å²) in [5.41, 5.74) is 1.79. The summed E-state index contributed by atoms with van der Waals surface area (Å²) in [4.78, 5) is 34.3. The van der Waals surface area contributed by atoms with E-state index in [1.54, 1.807) is 13.2 Å². The summed E-state index contributed by atoms with van der Waals surface area (Å²) < 4.78 is 5.25. The predicted octanol–water partition coefficient (Wildman–Crippen LogP) is 3.76. The number of rotatable bonds is 8. The van der Waals surface area contributed by atoms with Gasteiger partial charge in [-0.2, -0.15) is 0 Å². The molecule has 2 N–H and O–H groups in total. The molecule has 0 spiro atoms. The molecule has 1 aliphatic heterocycles. The molecule has 0 aliphatic carbocycles. The SMILES string of the molecule is COc1ccc(C(C)N2CCC(NC(=O)CCSc3nc4ccccc4c(=O)[nH]3)CC2)cc1. The number of carbonyl (C=O) groups is 1. The fourth-order valence-corrected chi connectivity index (χ4v) is 5.01. The number of fused-ring (bicyclic) bond motifs is 1. The number of nitrogens with one attached hydrogen (secondary N) is 2. The van der Waals surface area contributed by atoms with Gasteiger partial charge in [0, 0.05) is 37.3 Å². The van der Waals surface area contributed by atoms with Crippen LogP contribution in [0.15, 0.2) is 58.5 Å². The van der Waals surface area contributed by atoms with Gasteiger partial charge < -0.3 is 15.0 Å². The van der Waals surface area contributed by atoms with Crippen molar-refractivity contribution < 1.29 is 9.53 Å². The number of methoxy groups -OCH3 is 1. The Morgan fingerprint density at radius 2 is 1.94 bits per heavy atom. The number of hydrogen-bond acceptors (Lipinski definition) is 6. The van der Waals surface area contributed by atoms with E-state index < -0.39 is 0 Å². The molecule has 8 heteroatoms. The smallest absolute Gasteiger partial charge is 0.259 e. The predicted molar refractivity (Wildman–Crippen MR) is 132 cm³/mol. The molecular weight excluding hydrogens is 436 g/mol. The summed E-state index contributed by atoms with van der Waals surface area (Å²) in [5, 5.41) is 4.30. The molecule has 174 valence electrons. The second-order valence-corrected chi connectivity index (χ2v) is 9.40. The second-order valence-electron chi connectivity index (χ2n) is 8.31. The maximum atomic E-state index is 12.4. The highest BCUT2D eigenvalue weighted by atomic mass is 32.2. The van der Waals surface area contributed by atoms with Gasteiger partial charge in [-0.15, -0.1) is 0 Å². The number of piperidine rings is 1. The zero-order chi connectivity index (χ0) is 23.2. The van der Waals surface area contributed by atoms with E-state index in [9.17, 15) is 9.59 Å². The van der Waals surface area contributed by atoms with Gasteiger partial charge in [0.15, 0.2) is 5.16 Å². The van der Waals surface area contributed by atoms with Crippen LogP contribution in [0.3, 0.4) is 0 Å². The van der Waals surface area contributed by atoms with Crippen LogP contribution in [0.4, 0.5) is 0 Å². The number of hydrogen-bond donors (Lipinski definition) is 2. The van der Waals surface area contributed by atoms with Crippen LogP contribution in [0.25, 0.3) is 10.9 Å². The van der Waals surface area contributed by atoms with Gasteiger partial charge in [0.2, 0.25) is 5.91 Å². The number of carbonyl (C=O) groups excluding carboxylic acids is 1. The highest BCUT2D eigenvalue weighted by Gasteiger charge is 2.24. The molecule has 2 heterocycles. The monoisotopic (exact) mass is 466 g/mol. The summed E-state index contributed by atoms with van der Waals surface area (Å²) in [6.07, 6.45) is 2.28. The molecule has 7 nitrogen and oxygen atoms in total. The zero-order valence-electron chi connectivity index (χ0n) is 19.0. The van der Waals surface area contributed by atoms with E-state index in [0.717, 1.165) is 31.7 Å². The fourth-order valence-electron chi connectivity index (χ4n) is 4.20. The third-order valence-corrected chi connectivity index (χ3v) is 7.07. The van der Waals surface area contributed by atoms with Crippen molar-refractivity contribution in [3.63, 3.8) is 0 Å². The molecule has 1 aliphatic rings. The van der Waals surface area contributed by atoms with Crippen LogP contribution >= 0.6 is 11.8 Å². The van der Waals surface area contributed by atoms with E-state index in [0.29, 0.717) is 34.3 Å². The lowest BCUT2D eigenvalue weighted by Crippen LogP contribution is -2.45. The van der Waals surface area contributed by atoms with Crippen molar-refractivity contribution in [2.75, 3.05) is 26.0 Å². The van der Waals surface area contributed by atoms with Crippen LogP contribution in [0.2, 0.25) is 0 Å². The number of para-hydroxylation sites is 1. The molecule has 2 aromatic carbocycles. The Hall–Kier alpha value is -2.84. The van der Waals surface area contributed by atoms with E-state index in [1.807, 2.05) is 30.3 Å². The molecule has 33 heavy (non-hydrogen) atoms. The molecule has 1 atom stereocenters. The number of nitrogens with zero attached hydrogens (tertiary/aromatic N) is 2. The molecule has 3 aromatic rings. The number of thioether (sulfide) groups is 1. The zero-order valence-corrected chi connectivity index (χ0v) is 19.9. The van der Waals surface area contributed by atoms with Gasteiger partial charge in [-0.25, -0.2) is 4.98 Å². The molecular formula is C25H30N4O3S. The highest BCUT2D eigenvalue weighted by Crippen LogP contribution is 2.26. The average molecular weight is 467 g/mol. The van der Waals surface area contributed by atoms with Gasteiger partial charge in [-0.1, -0.05) is 36.0 Å². The quantitative estimate of drug-likeness (QED) is 0.388. The summed E-state index contributed by atoms with van der Waals surface area (Å²) in [5.74, 6) is 1.49. The van der Waals surface area contributed by atoms with Gasteiger partial charge in [0.1, 0.15) is 5.75 Å². The normalized spacial score (nSPS) is 15.9. The van der Waals surface area contributed by atoms with Crippen LogP contribution in [0, 0.1) is 0 Å². The molecule has 0 saturated carbocycles. The number of benzene rings is 2. The molecule has 4 rings (SSSR count). The maximum Gasteiger partial charge on any atom is 0.259 e. The standard InChI is InChI=1S/C25H30N4O3S/c1-17(18-7-9-20(32-2)10-8-18)29-14-11-19(12-15-29)26-23(30)13-16-33-25-27-22-6-4-3-5-21(22)24(31)28-25/h3-10,17,19H,11-16H2,1-2H3,(H,26,30)(H,27,28,31). The van der Waals surface area contributed by atoms with Gasteiger partial charge in [-0.05, 0) is 49.6 Å². The Morgan fingerprint density at radius 1 is 1.21 bits per heavy atom. The lowest BCUT2D eigenvalue weighted by molar-refractivity contribution is -0.121. The lowest BCUT2D eigenvalue weighted by atomic mass is 10.00. The number of amides is 1. The van der Waals surface area contributed by atoms with E-state index >= 15 is 0 Å². The first-order valence-electron chi connectivity index (χ1n) is 11.3. The second kappa shape index (κ2) is 10.9. The minimum atomic E-state index is -0.150. The Bertz CT molecular complexity index is 1140. The summed E-state index contributed by atoms with van der Waals surface area (Å²) in [6, 6.07) is 16.0. The van der Waals surface area contributed by atoms with E-state index in [-0.39, 0.29) is 17.5 Å². The van der Waals surface area contributed by atoms with Crippen LogP contribution in [-0.4, -0.2) is 52.8 Å². The highest BCUT2D eigenvalue weighted by molar-refractivity contribution is 7.99. The third kappa shape index (κ3) is 5.94. The van der Waals surface area contributed by atoms with E-state index in [1.165, 1.54) is 17.3 Å². The van der Waals surface area contributed by atoms with Crippen molar-refractivity contribution >= 4 is 28.6 Å². The number of aromatic amines is 1. The molecule has 0 radical (unpaired) electrons. The molecule has 1 unspecified atom stereocenters. The van der Waals surface area contributed by atoms with Crippen molar-refractivity contribution in [1.82, 2.24) is 20.2 Å². The maximum absolute atomic E-state index is 12.4. The van der Waals surface area contributed by atoms with E-state index in [2.05, 4.69) is 39.2 Å². The third-order valence-electron chi connectivity index (χ3n) is 6.20. The first-order valence-corrected chi connectivity index (χ1v) is 12.3. The van der Waals surface area contributed by atoms with Crippen LogP contribution in [0.1, 0.15) is 37.8 Å². The van der Waals surface area contributed by atoms with Crippen molar-refractivity contribution in [3.05, 3.63) is 64.4 Å². The minimum absolute atomic E-state index is 0.0484. The van der Waals surface area contributed by atoms with Crippen molar-refractivity contribution in [3.8, 4) is 5.75 Å². The number of likely N-dealkylation sites (tertiary alicyclic amines) is 1. The molecule has 1 fully saturated rings. The minimum Gasteiger partial charge on any atom is -0.497 e. The molecule has 1 amide bonds. The lowest BCUT2D eigenvalue weighted by Gasteiger charge is -2.36. The van der Waals surface area contributed by atoms with Crippen LogP contribution in [0.5, 0.6) is 5.75 Å². The molecule has 1 aromatic heterocycles. The van der Waals surface area contributed by atoms with Crippen molar-refractivity contribution in [2.24, 2.45) is 0 Å².